The fourth-order valence-corrected chi connectivity index (χ4v) is 4.68. The van der Waals surface area contributed by atoms with Crippen molar-refractivity contribution in [1.29, 1.82) is 0 Å². The van der Waals surface area contributed by atoms with Crippen LogP contribution in [0.1, 0.15) is 21.5 Å². The second-order valence-corrected chi connectivity index (χ2v) is 10.4. The highest BCUT2D eigenvalue weighted by Gasteiger charge is 2.38. The van der Waals surface area contributed by atoms with Crippen molar-refractivity contribution >= 4 is 27.6 Å². The lowest BCUT2D eigenvalue weighted by molar-refractivity contribution is -0.173. The molecule has 0 radical (unpaired) electrons. The topological polar surface area (TPSA) is 104 Å². The molecule has 0 saturated carbocycles. The lowest BCUT2D eigenvalue weighted by Crippen LogP contribution is -2.49. The average Bonchev–Trinajstić information content (AvgIpc) is 2.82. The van der Waals surface area contributed by atoms with Crippen LogP contribution in [0.3, 0.4) is 0 Å². The zero-order chi connectivity index (χ0) is 25.6. The molecule has 0 atom stereocenters. The summed E-state index contributed by atoms with van der Waals surface area (Å²) in [4.78, 5) is 39.3. The summed E-state index contributed by atoms with van der Waals surface area (Å²) >= 11 is 0. The Hall–Kier alpha value is -3.41. The third kappa shape index (κ3) is 7.54. The molecule has 0 bridgehead atoms. The largest absolute Gasteiger partial charge is 0.471 e. The average molecular weight is 512 g/mol. The molecule has 1 saturated heterocycles. The van der Waals surface area contributed by atoms with Gasteiger partial charge in [-0.2, -0.15) is 13.2 Å². The van der Waals surface area contributed by atoms with Crippen LogP contribution in [-0.2, 0) is 27.7 Å². The van der Waals surface area contributed by atoms with Crippen molar-refractivity contribution < 1.29 is 36.0 Å². The van der Waals surface area contributed by atoms with Crippen LogP contribution < -0.4 is 5.32 Å². The molecule has 0 aromatic heterocycles. The number of carbonyl (C=O) groups is 3. The number of hydrogen-bond donors (Lipinski definition) is 1. The van der Waals surface area contributed by atoms with Gasteiger partial charge in [0.1, 0.15) is 0 Å². The highest BCUT2D eigenvalue weighted by atomic mass is 32.2. The van der Waals surface area contributed by atoms with Gasteiger partial charge in [-0.3, -0.25) is 9.59 Å². The molecule has 1 heterocycles. The van der Waals surface area contributed by atoms with Gasteiger partial charge in [0.15, 0.2) is 15.6 Å². The number of alkyl halides is 3. The molecule has 1 aliphatic rings. The quantitative estimate of drug-likeness (QED) is 0.575. The van der Waals surface area contributed by atoms with E-state index < -0.39 is 34.2 Å². The molecule has 188 valence electrons. The summed E-state index contributed by atoms with van der Waals surface area (Å²) in [7, 11) is -3.16. The zero-order valence-corrected chi connectivity index (χ0v) is 19.4. The number of sulfone groups is 1. The molecule has 3 amide bonds. The summed E-state index contributed by atoms with van der Waals surface area (Å²) < 4.78 is 60.3. The van der Waals surface area contributed by atoms with Gasteiger partial charge in [-0.15, -0.1) is 0 Å². The Kier molecular flexibility index (Phi) is 8.15. The number of halogens is 3. The van der Waals surface area contributed by atoms with E-state index in [9.17, 15) is 36.0 Å². The third-order valence-electron chi connectivity index (χ3n) is 5.42. The highest BCUT2D eigenvalue weighted by Crippen LogP contribution is 2.17. The van der Waals surface area contributed by atoms with E-state index >= 15 is 0 Å². The molecule has 3 rings (SSSR count). The summed E-state index contributed by atoms with van der Waals surface area (Å²) in [6.07, 6.45) is -5.07. The van der Waals surface area contributed by atoms with Crippen molar-refractivity contribution in [3.8, 4) is 0 Å². The first-order valence-electron chi connectivity index (χ1n) is 10.7. The smallest absolute Gasteiger partial charge is 0.341 e. The molecule has 1 fully saturated rings. The van der Waals surface area contributed by atoms with E-state index in [0.29, 0.717) is 5.56 Å². The number of carbonyl (C=O) groups excluding carboxylic acids is 3. The Bertz CT molecular complexity index is 1160. The van der Waals surface area contributed by atoms with Gasteiger partial charge < -0.3 is 15.1 Å². The molecule has 0 aliphatic carbocycles. The fraction of sp³-hybridized carbons (Fsp3) is 0.348. The van der Waals surface area contributed by atoms with Crippen molar-refractivity contribution in [1.82, 2.24) is 15.1 Å². The Balaban J connectivity index is 1.69. The molecular weight excluding hydrogens is 487 g/mol. The summed E-state index contributed by atoms with van der Waals surface area (Å²) in [5.41, 5.74) is 1.64. The SMILES string of the molecule is O=C(CNC(=O)C(F)(F)F)c1ccc(CN(Cc2ccccc2)C(=O)N2CCS(=O)(=O)CC2)cc1. The number of benzene rings is 2. The molecule has 35 heavy (non-hydrogen) atoms. The molecular formula is C23H24F3N3O5S. The summed E-state index contributed by atoms with van der Waals surface area (Å²) in [5, 5.41) is 1.54. The maximum absolute atomic E-state index is 13.2. The molecule has 1 aliphatic heterocycles. The predicted octanol–water partition coefficient (Wildman–Crippen LogP) is 2.40. The number of nitrogens with one attached hydrogen (secondary N) is 1. The van der Waals surface area contributed by atoms with Gasteiger partial charge in [0.2, 0.25) is 0 Å². The van der Waals surface area contributed by atoms with Crippen LogP contribution >= 0.6 is 0 Å². The van der Waals surface area contributed by atoms with Gasteiger partial charge in [-0.05, 0) is 11.1 Å². The molecule has 0 spiro atoms. The number of Topliss-reactive ketones (excluding diaryl/α,β-unsaturated/α-hetero) is 1. The van der Waals surface area contributed by atoms with Gasteiger partial charge >= 0.3 is 18.1 Å². The highest BCUT2D eigenvalue weighted by molar-refractivity contribution is 7.91. The minimum Gasteiger partial charge on any atom is -0.341 e. The number of rotatable bonds is 7. The van der Waals surface area contributed by atoms with Crippen molar-refractivity contribution in [2.24, 2.45) is 0 Å². The van der Waals surface area contributed by atoms with Crippen molar-refractivity contribution in [3.63, 3.8) is 0 Å². The first-order valence-corrected chi connectivity index (χ1v) is 12.5. The Morgan fingerprint density at radius 1 is 0.886 bits per heavy atom. The Labute approximate surface area is 200 Å². The lowest BCUT2D eigenvalue weighted by atomic mass is 10.1. The van der Waals surface area contributed by atoms with Crippen molar-refractivity contribution in [2.45, 2.75) is 19.3 Å². The first kappa shape index (κ1) is 26.2. The summed E-state index contributed by atoms with van der Waals surface area (Å²) in [6, 6.07) is 14.9. The maximum atomic E-state index is 13.2. The van der Waals surface area contributed by atoms with E-state index in [1.807, 2.05) is 30.3 Å². The van der Waals surface area contributed by atoms with Crippen LogP contribution in [0.4, 0.5) is 18.0 Å². The van der Waals surface area contributed by atoms with E-state index in [1.165, 1.54) is 22.3 Å². The number of ketones is 1. The normalized spacial score (nSPS) is 15.3. The van der Waals surface area contributed by atoms with E-state index in [-0.39, 0.29) is 49.3 Å². The van der Waals surface area contributed by atoms with Gasteiger partial charge in [0.05, 0.1) is 18.1 Å². The van der Waals surface area contributed by atoms with Gasteiger partial charge in [0.25, 0.3) is 0 Å². The van der Waals surface area contributed by atoms with Crippen LogP contribution in [0.15, 0.2) is 54.6 Å². The maximum Gasteiger partial charge on any atom is 0.471 e. The summed E-state index contributed by atoms with van der Waals surface area (Å²) in [6.45, 7) is -0.162. The molecule has 1 N–H and O–H groups in total. The summed E-state index contributed by atoms with van der Waals surface area (Å²) in [5.74, 6) is -3.08. The molecule has 12 heteroatoms. The van der Waals surface area contributed by atoms with E-state index in [2.05, 4.69) is 0 Å². The van der Waals surface area contributed by atoms with Crippen LogP contribution in [0.25, 0.3) is 0 Å². The third-order valence-corrected chi connectivity index (χ3v) is 7.03. The van der Waals surface area contributed by atoms with Crippen LogP contribution in [0.5, 0.6) is 0 Å². The Morgan fingerprint density at radius 3 is 1.97 bits per heavy atom. The van der Waals surface area contributed by atoms with Crippen molar-refractivity contribution in [3.05, 3.63) is 71.3 Å². The van der Waals surface area contributed by atoms with E-state index in [0.717, 1.165) is 5.56 Å². The lowest BCUT2D eigenvalue weighted by Gasteiger charge is -2.33. The second kappa shape index (κ2) is 10.9. The van der Waals surface area contributed by atoms with E-state index in [1.54, 1.807) is 17.0 Å². The molecule has 8 nitrogen and oxygen atoms in total. The first-order chi connectivity index (χ1) is 16.4. The monoisotopic (exact) mass is 511 g/mol. The number of hydrogen-bond acceptors (Lipinski definition) is 5. The van der Waals surface area contributed by atoms with Crippen LogP contribution in [0, 0.1) is 0 Å². The van der Waals surface area contributed by atoms with E-state index in [4.69, 9.17) is 0 Å². The zero-order valence-electron chi connectivity index (χ0n) is 18.6. The molecule has 2 aromatic carbocycles. The van der Waals surface area contributed by atoms with Gasteiger partial charge in [-0.25, -0.2) is 13.2 Å². The fourth-order valence-electron chi connectivity index (χ4n) is 3.48. The minimum atomic E-state index is -5.07. The molecule has 0 unspecified atom stereocenters. The van der Waals surface area contributed by atoms with Gasteiger partial charge in [-0.1, -0.05) is 54.6 Å². The number of nitrogens with zero attached hydrogens (tertiary/aromatic N) is 2. The number of amides is 3. The van der Waals surface area contributed by atoms with Gasteiger partial charge in [0, 0.05) is 31.7 Å². The Morgan fingerprint density at radius 2 is 1.43 bits per heavy atom. The van der Waals surface area contributed by atoms with Crippen molar-refractivity contribution in [2.75, 3.05) is 31.1 Å². The minimum absolute atomic E-state index is 0.0976. The van der Waals surface area contributed by atoms with Crippen LogP contribution in [0.2, 0.25) is 0 Å². The predicted molar refractivity (Wildman–Crippen MR) is 121 cm³/mol. The molecule has 2 aromatic rings. The van der Waals surface area contributed by atoms with Crippen LogP contribution in [-0.4, -0.2) is 73.3 Å². The second-order valence-electron chi connectivity index (χ2n) is 8.06. The number of urea groups is 1. The standard InChI is InChI=1S/C23H24F3N3O5S/c24-23(25,26)21(31)27-14-20(30)19-8-6-18(7-9-19)16-29(15-17-4-2-1-3-5-17)22(32)28-10-12-35(33,34)13-11-28/h1-9H,10-16H2,(H,27,31).